The number of fused-ring (bicyclic) bond motifs is 5. The molecule has 0 unspecified atom stereocenters. The number of allylic oxidation sites excluding steroid dienone is 1. The van der Waals surface area contributed by atoms with Crippen LogP contribution in [0.4, 0.5) is 0 Å². The Labute approximate surface area is 185 Å². The first-order valence-electron chi connectivity index (χ1n) is 12.3. The van der Waals surface area contributed by atoms with Gasteiger partial charge < -0.3 is 15.3 Å². The summed E-state index contributed by atoms with van der Waals surface area (Å²) in [5.74, 6) is 3.50. The van der Waals surface area contributed by atoms with E-state index in [2.05, 4.69) is 19.9 Å². The van der Waals surface area contributed by atoms with Crippen LogP contribution in [0.25, 0.3) is 0 Å². The van der Waals surface area contributed by atoms with Crippen molar-refractivity contribution in [3.8, 4) is 0 Å². The highest BCUT2D eigenvalue weighted by Crippen LogP contribution is 2.67. The van der Waals surface area contributed by atoms with Gasteiger partial charge in [-0.3, -0.25) is 0 Å². The number of hydrogen-bond donors (Lipinski definition) is 3. The van der Waals surface area contributed by atoms with Gasteiger partial charge in [0.15, 0.2) is 0 Å². The van der Waals surface area contributed by atoms with Crippen molar-refractivity contribution >= 4 is 0 Å². The summed E-state index contributed by atoms with van der Waals surface area (Å²) >= 11 is 0. The Bertz CT molecular complexity index is 635. The number of rotatable bonds is 5. The van der Waals surface area contributed by atoms with Crippen LogP contribution >= 0.6 is 0 Å². The summed E-state index contributed by atoms with van der Waals surface area (Å²) in [7, 11) is 0. The first kappa shape index (κ1) is 24.3. The molecule has 0 radical (unpaired) electrons. The SMILES string of the molecule is C.C[C@H](CCC(C)(C)O)[C@H]1CC[C@H]2[C@@H]3CC=C4C[C@@H](O)CC[C@]4(CO)[C@H]3CC[C@]12C. The van der Waals surface area contributed by atoms with Crippen molar-refractivity contribution in [1.29, 1.82) is 0 Å². The minimum absolute atomic E-state index is 0. The quantitative estimate of drug-likeness (QED) is 0.498. The first-order valence-corrected chi connectivity index (χ1v) is 12.3. The summed E-state index contributed by atoms with van der Waals surface area (Å²) in [6, 6.07) is 0. The lowest BCUT2D eigenvalue weighted by Gasteiger charge is -2.59. The molecule has 0 aliphatic heterocycles. The van der Waals surface area contributed by atoms with Crippen LogP contribution in [0.1, 0.15) is 99.3 Å². The highest BCUT2D eigenvalue weighted by Gasteiger charge is 2.60. The van der Waals surface area contributed by atoms with E-state index < -0.39 is 5.60 Å². The summed E-state index contributed by atoms with van der Waals surface area (Å²) in [4.78, 5) is 0. The molecule has 174 valence electrons. The number of hydrogen-bond acceptors (Lipinski definition) is 3. The van der Waals surface area contributed by atoms with Crippen LogP contribution in [-0.2, 0) is 0 Å². The zero-order chi connectivity index (χ0) is 21.0. The van der Waals surface area contributed by atoms with E-state index in [4.69, 9.17) is 0 Å². The van der Waals surface area contributed by atoms with Crippen molar-refractivity contribution in [1.82, 2.24) is 0 Å². The Balaban J connectivity index is 0.00000256. The van der Waals surface area contributed by atoms with Crippen LogP contribution in [0.3, 0.4) is 0 Å². The molecule has 0 aromatic heterocycles. The predicted octanol–water partition coefficient (Wildman–Crippen LogP) is 5.72. The van der Waals surface area contributed by atoms with Gasteiger partial charge in [-0.2, -0.15) is 0 Å². The van der Waals surface area contributed by atoms with E-state index in [0.717, 1.165) is 50.4 Å². The maximum absolute atomic E-state index is 10.5. The molecule has 3 saturated carbocycles. The summed E-state index contributed by atoms with van der Waals surface area (Å²) in [5.41, 5.74) is 1.18. The third-order valence-electron chi connectivity index (χ3n) is 10.1. The second-order valence-corrected chi connectivity index (χ2v) is 12.1. The van der Waals surface area contributed by atoms with Crippen molar-refractivity contribution in [2.24, 2.45) is 40.4 Å². The minimum Gasteiger partial charge on any atom is -0.395 e. The molecule has 4 rings (SSSR count). The van der Waals surface area contributed by atoms with Gasteiger partial charge in [-0.15, -0.1) is 0 Å². The molecule has 0 spiro atoms. The topological polar surface area (TPSA) is 60.7 Å². The zero-order valence-corrected chi connectivity index (χ0v) is 19.2. The van der Waals surface area contributed by atoms with Crippen molar-refractivity contribution in [2.45, 2.75) is 111 Å². The van der Waals surface area contributed by atoms with E-state index in [1.807, 2.05) is 13.8 Å². The Morgan fingerprint density at radius 2 is 1.87 bits per heavy atom. The van der Waals surface area contributed by atoms with Gasteiger partial charge in [0.2, 0.25) is 0 Å². The third kappa shape index (κ3) is 3.92. The van der Waals surface area contributed by atoms with Crippen molar-refractivity contribution in [3.63, 3.8) is 0 Å². The molecular formula is C27H48O3. The standard InChI is InChI=1S/C26H44O3.CH4/c1-17(9-12-24(2,3)29)21-7-8-22-20-6-5-18-15-19(28)10-14-26(18,16-27)23(20)11-13-25(21,22)4;/h5,17,19-23,27-29H,6-16H2,1-4H3;1H4/t17-,19+,20+,21-,22+,23+,25-,26-;/m1./s1. The van der Waals surface area contributed by atoms with Gasteiger partial charge in [-0.1, -0.05) is 32.9 Å². The Hall–Kier alpha value is -0.380. The molecule has 8 atom stereocenters. The van der Waals surface area contributed by atoms with Crippen LogP contribution in [0.2, 0.25) is 0 Å². The van der Waals surface area contributed by atoms with Gasteiger partial charge in [0.1, 0.15) is 0 Å². The summed E-state index contributed by atoms with van der Waals surface area (Å²) < 4.78 is 0. The van der Waals surface area contributed by atoms with Gasteiger partial charge >= 0.3 is 0 Å². The number of aliphatic hydroxyl groups is 3. The van der Waals surface area contributed by atoms with Crippen LogP contribution in [0.5, 0.6) is 0 Å². The molecule has 0 heterocycles. The van der Waals surface area contributed by atoms with Crippen molar-refractivity contribution < 1.29 is 15.3 Å². The lowest BCUT2D eigenvalue weighted by molar-refractivity contribution is -0.0802. The second-order valence-electron chi connectivity index (χ2n) is 12.1. The van der Waals surface area contributed by atoms with Crippen molar-refractivity contribution in [2.75, 3.05) is 6.61 Å². The molecular weight excluding hydrogens is 372 g/mol. The zero-order valence-electron chi connectivity index (χ0n) is 19.2. The van der Waals surface area contributed by atoms with Crippen LogP contribution < -0.4 is 0 Å². The molecule has 0 aromatic carbocycles. The smallest absolute Gasteiger partial charge is 0.0591 e. The second kappa shape index (κ2) is 8.52. The minimum atomic E-state index is -0.561. The lowest BCUT2D eigenvalue weighted by Crippen LogP contribution is -2.53. The van der Waals surface area contributed by atoms with E-state index in [1.54, 1.807) is 0 Å². The maximum Gasteiger partial charge on any atom is 0.0591 e. The van der Waals surface area contributed by atoms with Gasteiger partial charge in [-0.05, 0) is 113 Å². The predicted molar refractivity (Wildman–Crippen MR) is 124 cm³/mol. The Morgan fingerprint density at radius 1 is 1.13 bits per heavy atom. The fraction of sp³-hybridized carbons (Fsp3) is 0.926. The third-order valence-corrected chi connectivity index (χ3v) is 10.1. The van der Waals surface area contributed by atoms with E-state index in [0.29, 0.717) is 23.2 Å². The van der Waals surface area contributed by atoms with Crippen LogP contribution in [-0.4, -0.2) is 33.6 Å². The first-order chi connectivity index (χ1) is 13.6. The molecule has 4 aliphatic rings. The normalized spacial score (nSPS) is 44.2. The van der Waals surface area contributed by atoms with E-state index in [-0.39, 0.29) is 25.6 Å². The van der Waals surface area contributed by atoms with E-state index >= 15 is 0 Å². The van der Waals surface area contributed by atoms with Gasteiger partial charge in [0.05, 0.1) is 18.3 Å². The fourth-order valence-corrected chi connectivity index (χ4v) is 8.49. The molecule has 0 bridgehead atoms. The van der Waals surface area contributed by atoms with E-state index in [1.165, 1.54) is 31.3 Å². The molecule has 3 fully saturated rings. The fourth-order valence-electron chi connectivity index (χ4n) is 8.49. The lowest BCUT2D eigenvalue weighted by atomic mass is 9.46. The van der Waals surface area contributed by atoms with Crippen molar-refractivity contribution in [3.05, 3.63) is 11.6 Å². The Kier molecular flexibility index (Phi) is 6.89. The molecule has 3 nitrogen and oxygen atoms in total. The highest BCUT2D eigenvalue weighted by atomic mass is 16.3. The van der Waals surface area contributed by atoms with Gasteiger partial charge in [-0.25, -0.2) is 0 Å². The molecule has 30 heavy (non-hydrogen) atoms. The molecule has 0 amide bonds. The molecule has 4 aliphatic carbocycles. The number of aliphatic hydroxyl groups excluding tert-OH is 2. The van der Waals surface area contributed by atoms with Crippen LogP contribution in [0.15, 0.2) is 11.6 Å². The average Bonchev–Trinajstić information content (AvgIpc) is 3.02. The Morgan fingerprint density at radius 3 is 2.53 bits per heavy atom. The average molecular weight is 421 g/mol. The van der Waals surface area contributed by atoms with Gasteiger partial charge in [0.25, 0.3) is 0 Å². The largest absolute Gasteiger partial charge is 0.395 e. The maximum atomic E-state index is 10.5. The summed E-state index contributed by atoms with van der Waals surface area (Å²) in [5, 5.41) is 31.0. The van der Waals surface area contributed by atoms with E-state index in [9.17, 15) is 15.3 Å². The highest BCUT2D eigenvalue weighted by molar-refractivity contribution is 5.26. The monoisotopic (exact) mass is 420 g/mol. The summed E-state index contributed by atoms with van der Waals surface area (Å²) in [6.45, 7) is 9.13. The molecule has 3 N–H and O–H groups in total. The van der Waals surface area contributed by atoms with Crippen LogP contribution in [0, 0.1) is 40.4 Å². The molecule has 3 heteroatoms. The van der Waals surface area contributed by atoms with Gasteiger partial charge in [0, 0.05) is 5.41 Å². The summed E-state index contributed by atoms with van der Waals surface area (Å²) in [6.07, 6.45) is 13.2. The molecule has 0 aromatic rings. The molecule has 0 saturated heterocycles.